The minimum Gasteiger partial charge on any atom is -0.361 e. The van der Waals surface area contributed by atoms with Crippen LogP contribution in [0.2, 0.25) is 0 Å². The van der Waals surface area contributed by atoms with Gasteiger partial charge in [-0.15, -0.1) is 0 Å². The van der Waals surface area contributed by atoms with Gasteiger partial charge in [-0.1, -0.05) is 35.9 Å². The first-order valence-electron chi connectivity index (χ1n) is 10.7. The summed E-state index contributed by atoms with van der Waals surface area (Å²) in [6, 6.07) is 14.4. The standard InChI is InChI=1S/C23H26N4O5S/c1-16-6-8-18(9-7-16)33(30,31)27-12-13-32-21(27)15-26-23(29)22(28)24-11-10-17-14-25-20-5-3-2-4-19(17)20/h2-9,14,21,25H,10-13,15H2,1H3,(H,24,28)(H,26,29)/t21-/m1/s1. The number of H-pyrrole nitrogens is 1. The SMILES string of the molecule is Cc1ccc(S(=O)(=O)N2CCO[C@@H]2CNC(=O)C(=O)NCCc2c[nH]c3ccccc23)cc1. The number of carbonyl (C=O) groups excluding carboxylic acids is 2. The molecule has 2 heterocycles. The van der Waals surface area contributed by atoms with Gasteiger partial charge in [0, 0.05) is 30.2 Å². The van der Waals surface area contributed by atoms with Gasteiger partial charge in [-0.05, 0) is 37.1 Å². The van der Waals surface area contributed by atoms with E-state index < -0.39 is 28.1 Å². The summed E-state index contributed by atoms with van der Waals surface area (Å²) in [6.07, 6.45) is 1.58. The molecular formula is C23H26N4O5S. The van der Waals surface area contributed by atoms with Gasteiger partial charge in [-0.3, -0.25) is 9.59 Å². The molecule has 1 fully saturated rings. The molecule has 0 spiro atoms. The van der Waals surface area contributed by atoms with Crippen molar-refractivity contribution in [1.29, 1.82) is 0 Å². The average molecular weight is 471 g/mol. The molecule has 174 valence electrons. The topological polar surface area (TPSA) is 121 Å². The zero-order chi connectivity index (χ0) is 23.4. The molecule has 2 aromatic carbocycles. The maximum atomic E-state index is 12.9. The summed E-state index contributed by atoms with van der Waals surface area (Å²) in [5.41, 5.74) is 3.01. The second kappa shape index (κ2) is 9.74. The molecule has 33 heavy (non-hydrogen) atoms. The van der Waals surface area contributed by atoms with Crippen LogP contribution in [0.3, 0.4) is 0 Å². The molecule has 9 nitrogen and oxygen atoms in total. The van der Waals surface area contributed by atoms with Crippen molar-refractivity contribution in [3.05, 3.63) is 65.9 Å². The van der Waals surface area contributed by atoms with E-state index in [1.165, 1.54) is 4.31 Å². The van der Waals surface area contributed by atoms with Gasteiger partial charge in [0.25, 0.3) is 0 Å². The second-order valence-electron chi connectivity index (χ2n) is 7.83. The lowest BCUT2D eigenvalue weighted by atomic mass is 10.1. The number of hydrogen-bond acceptors (Lipinski definition) is 5. The zero-order valence-electron chi connectivity index (χ0n) is 18.2. The van der Waals surface area contributed by atoms with Gasteiger partial charge in [-0.2, -0.15) is 4.31 Å². The van der Waals surface area contributed by atoms with Crippen LogP contribution < -0.4 is 10.6 Å². The molecule has 10 heteroatoms. The van der Waals surface area contributed by atoms with Crippen LogP contribution in [0.25, 0.3) is 10.9 Å². The number of nitrogens with one attached hydrogen (secondary N) is 3. The molecule has 1 aliphatic rings. The van der Waals surface area contributed by atoms with Gasteiger partial charge in [0.1, 0.15) is 6.23 Å². The highest BCUT2D eigenvalue weighted by molar-refractivity contribution is 7.89. The van der Waals surface area contributed by atoms with E-state index in [1.54, 1.807) is 24.3 Å². The monoisotopic (exact) mass is 470 g/mol. The van der Waals surface area contributed by atoms with Crippen LogP contribution in [0, 0.1) is 6.92 Å². The summed E-state index contributed by atoms with van der Waals surface area (Å²) in [5.74, 6) is -1.61. The van der Waals surface area contributed by atoms with Gasteiger partial charge in [0.15, 0.2) is 0 Å². The predicted molar refractivity (Wildman–Crippen MR) is 123 cm³/mol. The van der Waals surface area contributed by atoms with Gasteiger partial charge in [0.2, 0.25) is 10.0 Å². The van der Waals surface area contributed by atoms with Crippen molar-refractivity contribution in [3.63, 3.8) is 0 Å². The molecule has 2 amide bonds. The molecule has 0 aliphatic carbocycles. The van der Waals surface area contributed by atoms with Gasteiger partial charge in [-0.25, -0.2) is 8.42 Å². The van der Waals surface area contributed by atoms with E-state index in [-0.39, 0.29) is 24.6 Å². The van der Waals surface area contributed by atoms with E-state index in [9.17, 15) is 18.0 Å². The number of hydrogen-bond donors (Lipinski definition) is 3. The quantitative estimate of drug-likeness (QED) is 0.450. The number of nitrogens with zero attached hydrogens (tertiary/aromatic N) is 1. The lowest BCUT2D eigenvalue weighted by molar-refractivity contribution is -0.139. The summed E-state index contributed by atoms with van der Waals surface area (Å²) in [6.45, 7) is 2.43. The Morgan fingerprint density at radius 3 is 2.61 bits per heavy atom. The number of para-hydroxylation sites is 1. The number of fused-ring (bicyclic) bond motifs is 1. The van der Waals surface area contributed by atoms with Crippen LogP contribution in [-0.4, -0.2) is 62.0 Å². The minimum absolute atomic E-state index is 0.125. The zero-order valence-corrected chi connectivity index (χ0v) is 19.0. The highest BCUT2D eigenvalue weighted by atomic mass is 32.2. The molecule has 0 saturated carbocycles. The van der Waals surface area contributed by atoms with Crippen molar-refractivity contribution < 1.29 is 22.7 Å². The normalized spacial score (nSPS) is 16.7. The van der Waals surface area contributed by atoms with Gasteiger partial charge < -0.3 is 20.4 Å². The number of sulfonamides is 1. The third-order valence-electron chi connectivity index (χ3n) is 5.57. The molecule has 0 bridgehead atoms. The van der Waals surface area contributed by atoms with Gasteiger partial charge >= 0.3 is 11.8 Å². The number of rotatable bonds is 7. The van der Waals surface area contributed by atoms with E-state index in [4.69, 9.17) is 4.74 Å². The number of ether oxygens (including phenoxy) is 1. The van der Waals surface area contributed by atoms with Crippen molar-refractivity contribution in [3.8, 4) is 0 Å². The van der Waals surface area contributed by atoms with Crippen molar-refractivity contribution in [2.75, 3.05) is 26.2 Å². The molecule has 3 N–H and O–H groups in total. The fourth-order valence-corrected chi connectivity index (χ4v) is 5.29. The van der Waals surface area contributed by atoms with Gasteiger partial charge in [0.05, 0.1) is 18.0 Å². The molecule has 3 aromatic rings. The molecule has 1 atom stereocenters. The van der Waals surface area contributed by atoms with Crippen LogP contribution in [0.1, 0.15) is 11.1 Å². The first-order chi connectivity index (χ1) is 15.9. The van der Waals surface area contributed by atoms with Crippen LogP contribution >= 0.6 is 0 Å². The Labute approximate surface area is 192 Å². The first-order valence-corrected chi connectivity index (χ1v) is 12.1. The summed E-state index contributed by atoms with van der Waals surface area (Å²) >= 11 is 0. The summed E-state index contributed by atoms with van der Waals surface area (Å²) in [5, 5.41) is 6.14. The highest BCUT2D eigenvalue weighted by Crippen LogP contribution is 2.22. The first kappa shape index (κ1) is 23.0. The number of carbonyl (C=O) groups is 2. The largest absolute Gasteiger partial charge is 0.361 e. The molecule has 1 aromatic heterocycles. The van der Waals surface area contributed by atoms with Crippen LogP contribution in [0.4, 0.5) is 0 Å². The van der Waals surface area contributed by atoms with E-state index in [2.05, 4.69) is 15.6 Å². The Hall–Kier alpha value is -3.21. The third kappa shape index (κ3) is 5.08. The molecule has 0 radical (unpaired) electrons. The van der Waals surface area contributed by atoms with Crippen molar-refractivity contribution in [1.82, 2.24) is 19.9 Å². The summed E-state index contributed by atoms with van der Waals surface area (Å²) in [7, 11) is -3.78. The Kier molecular flexibility index (Phi) is 6.77. The predicted octanol–water partition coefficient (Wildman–Crippen LogP) is 1.30. The van der Waals surface area contributed by atoms with Crippen LogP contribution in [0.5, 0.6) is 0 Å². The van der Waals surface area contributed by atoms with E-state index in [0.717, 1.165) is 22.0 Å². The number of aryl methyl sites for hydroxylation is 1. The van der Waals surface area contributed by atoms with Crippen molar-refractivity contribution in [2.45, 2.75) is 24.5 Å². The van der Waals surface area contributed by atoms with Crippen LogP contribution in [-0.2, 0) is 30.8 Å². The van der Waals surface area contributed by atoms with Crippen molar-refractivity contribution >= 4 is 32.7 Å². The Balaban J connectivity index is 1.28. The Morgan fingerprint density at radius 1 is 1.09 bits per heavy atom. The Morgan fingerprint density at radius 2 is 1.82 bits per heavy atom. The highest BCUT2D eigenvalue weighted by Gasteiger charge is 2.36. The maximum absolute atomic E-state index is 12.9. The summed E-state index contributed by atoms with van der Waals surface area (Å²) in [4.78, 5) is 27.7. The lowest BCUT2D eigenvalue weighted by Crippen LogP contribution is -2.47. The lowest BCUT2D eigenvalue weighted by Gasteiger charge is -2.22. The molecular weight excluding hydrogens is 444 g/mol. The molecule has 4 rings (SSSR count). The smallest absolute Gasteiger partial charge is 0.309 e. The second-order valence-corrected chi connectivity index (χ2v) is 9.72. The fraction of sp³-hybridized carbons (Fsp3) is 0.304. The number of amides is 2. The third-order valence-corrected chi connectivity index (χ3v) is 7.47. The van der Waals surface area contributed by atoms with E-state index in [0.29, 0.717) is 13.0 Å². The molecule has 0 unspecified atom stereocenters. The fourth-order valence-electron chi connectivity index (χ4n) is 3.78. The van der Waals surface area contributed by atoms with Crippen molar-refractivity contribution in [2.24, 2.45) is 0 Å². The number of benzene rings is 2. The number of aromatic amines is 1. The van der Waals surface area contributed by atoms with E-state index >= 15 is 0 Å². The molecule has 1 aliphatic heterocycles. The minimum atomic E-state index is -3.78. The van der Waals surface area contributed by atoms with Crippen LogP contribution in [0.15, 0.2) is 59.6 Å². The maximum Gasteiger partial charge on any atom is 0.309 e. The average Bonchev–Trinajstić information content (AvgIpc) is 3.45. The molecule has 1 saturated heterocycles. The summed E-state index contributed by atoms with van der Waals surface area (Å²) < 4.78 is 32.6. The Bertz CT molecular complexity index is 1250. The number of aromatic nitrogens is 1. The van der Waals surface area contributed by atoms with E-state index in [1.807, 2.05) is 37.4 Å².